The Morgan fingerprint density at radius 2 is 2.21 bits per heavy atom. The number of phenolic OH excluding ortho intramolecular Hbond substituents is 1. The van der Waals surface area contributed by atoms with Gasteiger partial charge in [-0.1, -0.05) is 0 Å². The molecular weight excluding hydrogens is 203 g/mol. The van der Waals surface area contributed by atoms with E-state index >= 15 is 0 Å². The number of rotatable bonds is 3. The van der Waals surface area contributed by atoms with Crippen molar-refractivity contribution in [2.45, 2.75) is 12.7 Å². The first-order valence-electron chi connectivity index (χ1n) is 4.07. The third-order valence-electron chi connectivity index (χ3n) is 1.83. The summed E-state index contributed by atoms with van der Waals surface area (Å²) in [7, 11) is 0. The van der Waals surface area contributed by atoms with E-state index in [2.05, 4.69) is 0 Å². The van der Waals surface area contributed by atoms with Crippen LogP contribution < -0.4 is 0 Å². The van der Waals surface area contributed by atoms with Gasteiger partial charge in [0.15, 0.2) is 5.78 Å². The fourth-order valence-corrected chi connectivity index (χ4v) is 1.72. The van der Waals surface area contributed by atoms with Crippen molar-refractivity contribution in [3.8, 4) is 5.75 Å². The maximum atomic E-state index is 13.0. The van der Waals surface area contributed by atoms with Gasteiger partial charge in [-0.3, -0.25) is 4.79 Å². The second kappa shape index (κ2) is 4.46. The zero-order valence-corrected chi connectivity index (χ0v) is 8.82. The third kappa shape index (κ3) is 2.26. The van der Waals surface area contributed by atoms with E-state index in [0.29, 0.717) is 11.3 Å². The Morgan fingerprint density at radius 3 is 2.71 bits per heavy atom. The average molecular weight is 214 g/mol. The number of phenols is 1. The summed E-state index contributed by atoms with van der Waals surface area (Å²) in [4.78, 5) is 11.0. The number of hydrogen-bond acceptors (Lipinski definition) is 3. The van der Waals surface area contributed by atoms with Crippen molar-refractivity contribution in [1.82, 2.24) is 0 Å². The highest BCUT2D eigenvalue weighted by molar-refractivity contribution is 7.97. The maximum Gasteiger partial charge on any atom is 0.163 e. The Bertz CT molecular complexity index is 363. The number of carbonyl (C=O) groups is 1. The molecule has 4 heteroatoms. The van der Waals surface area contributed by atoms with Crippen molar-refractivity contribution in [2.75, 3.05) is 6.26 Å². The summed E-state index contributed by atoms with van der Waals surface area (Å²) < 4.78 is 13.0. The summed E-state index contributed by atoms with van der Waals surface area (Å²) in [5.74, 6) is -0.432. The third-order valence-corrected chi connectivity index (χ3v) is 2.43. The Labute approximate surface area is 86.1 Å². The molecule has 0 unspecified atom stereocenters. The van der Waals surface area contributed by atoms with Crippen molar-refractivity contribution in [3.63, 3.8) is 0 Å². The molecule has 2 nitrogen and oxygen atoms in total. The topological polar surface area (TPSA) is 37.3 Å². The van der Waals surface area contributed by atoms with Crippen molar-refractivity contribution in [3.05, 3.63) is 29.1 Å². The van der Waals surface area contributed by atoms with Crippen LogP contribution in [0.15, 0.2) is 12.1 Å². The van der Waals surface area contributed by atoms with Crippen LogP contribution in [0.1, 0.15) is 22.8 Å². The normalized spacial score (nSPS) is 10.2. The summed E-state index contributed by atoms with van der Waals surface area (Å²) >= 11 is 1.46. The van der Waals surface area contributed by atoms with Gasteiger partial charge < -0.3 is 5.11 Å². The van der Waals surface area contributed by atoms with E-state index in [1.165, 1.54) is 24.8 Å². The van der Waals surface area contributed by atoms with Gasteiger partial charge in [-0.15, -0.1) is 0 Å². The van der Waals surface area contributed by atoms with E-state index in [1.807, 2.05) is 6.26 Å². The highest BCUT2D eigenvalue weighted by Crippen LogP contribution is 2.27. The first-order chi connectivity index (χ1) is 6.56. The molecule has 0 heterocycles. The van der Waals surface area contributed by atoms with E-state index in [0.717, 1.165) is 6.07 Å². The molecule has 1 rings (SSSR count). The molecule has 0 fully saturated rings. The molecule has 14 heavy (non-hydrogen) atoms. The number of benzene rings is 1. The molecule has 0 bridgehead atoms. The lowest BCUT2D eigenvalue weighted by molar-refractivity contribution is 0.101. The van der Waals surface area contributed by atoms with Crippen LogP contribution in [0.4, 0.5) is 4.39 Å². The SMILES string of the molecule is CSCc1cc(F)cc(C(C)=O)c1O. The highest BCUT2D eigenvalue weighted by Gasteiger charge is 2.12. The van der Waals surface area contributed by atoms with Crippen molar-refractivity contribution < 1.29 is 14.3 Å². The van der Waals surface area contributed by atoms with Gasteiger partial charge in [-0.05, 0) is 25.3 Å². The van der Waals surface area contributed by atoms with Crippen LogP contribution in [0.3, 0.4) is 0 Å². The Balaban J connectivity index is 3.24. The standard InChI is InChI=1S/C10H11FO2S/c1-6(12)9-4-8(11)3-7(5-14-2)10(9)13/h3-4,13H,5H2,1-2H3. The van der Waals surface area contributed by atoms with Crippen LogP contribution in [0.5, 0.6) is 5.75 Å². The molecule has 0 spiro atoms. The molecule has 0 saturated heterocycles. The molecule has 0 aliphatic heterocycles. The lowest BCUT2D eigenvalue weighted by Crippen LogP contribution is -1.97. The van der Waals surface area contributed by atoms with E-state index in [-0.39, 0.29) is 17.1 Å². The molecule has 0 radical (unpaired) electrons. The Hall–Kier alpha value is -1.03. The highest BCUT2D eigenvalue weighted by atomic mass is 32.2. The minimum atomic E-state index is -0.489. The number of halogens is 1. The molecule has 0 atom stereocenters. The Morgan fingerprint density at radius 1 is 1.57 bits per heavy atom. The predicted molar refractivity (Wildman–Crippen MR) is 55.3 cm³/mol. The molecule has 1 aromatic rings. The molecule has 1 aromatic carbocycles. The monoisotopic (exact) mass is 214 g/mol. The van der Waals surface area contributed by atoms with Gasteiger partial charge in [-0.25, -0.2) is 4.39 Å². The summed E-state index contributed by atoms with van der Waals surface area (Å²) in [6.45, 7) is 1.30. The van der Waals surface area contributed by atoms with E-state index < -0.39 is 5.82 Å². The zero-order valence-electron chi connectivity index (χ0n) is 8.00. The van der Waals surface area contributed by atoms with Crippen molar-refractivity contribution in [2.24, 2.45) is 0 Å². The molecule has 0 aliphatic carbocycles. The summed E-state index contributed by atoms with van der Waals surface area (Å²) in [5, 5.41) is 9.61. The molecule has 1 N–H and O–H groups in total. The molecule has 0 saturated carbocycles. The fraction of sp³-hybridized carbons (Fsp3) is 0.300. The van der Waals surface area contributed by atoms with Crippen molar-refractivity contribution >= 4 is 17.5 Å². The van der Waals surface area contributed by atoms with Gasteiger partial charge in [0.1, 0.15) is 11.6 Å². The van der Waals surface area contributed by atoms with E-state index in [4.69, 9.17) is 0 Å². The minimum absolute atomic E-state index is 0.0500. The zero-order chi connectivity index (χ0) is 10.7. The quantitative estimate of drug-likeness (QED) is 0.786. The number of thioether (sulfide) groups is 1. The van der Waals surface area contributed by atoms with Gasteiger partial charge in [0.05, 0.1) is 5.56 Å². The number of hydrogen-bond donors (Lipinski definition) is 1. The summed E-state index contributed by atoms with van der Waals surface area (Å²) in [6.07, 6.45) is 1.85. The van der Waals surface area contributed by atoms with Gasteiger partial charge in [0.25, 0.3) is 0 Å². The fourth-order valence-electron chi connectivity index (χ4n) is 1.19. The number of carbonyl (C=O) groups excluding carboxylic acids is 1. The molecule has 0 aliphatic rings. The van der Waals surface area contributed by atoms with Crippen LogP contribution in [-0.2, 0) is 5.75 Å². The number of aromatic hydroxyl groups is 1. The average Bonchev–Trinajstić information content (AvgIpc) is 2.10. The lowest BCUT2D eigenvalue weighted by atomic mass is 10.1. The minimum Gasteiger partial charge on any atom is -0.507 e. The van der Waals surface area contributed by atoms with E-state index in [9.17, 15) is 14.3 Å². The van der Waals surface area contributed by atoms with Gasteiger partial charge in [0.2, 0.25) is 0 Å². The van der Waals surface area contributed by atoms with Crippen LogP contribution in [-0.4, -0.2) is 17.1 Å². The van der Waals surface area contributed by atoms with Gasteiger partial charge in [0, 0.05) is 11.3 Å². The first kappa shape index (κ1) is 11.0. The number of Topliss-reactive ketones (excluding diaryl/α,β-unsaturated/α-hetero) is 1. The van der Waals surface area contributed by atoms with Crippen LogP contribution in [0, 0.1) is 5.82 Å². The summed E-state index contributed by atoms with van der Waals surface area (Å²) in [5.41, 5.74) is 0.511. The predicted octanol–water partition coefficient (Wildman–Crippen LogP) is 2.60. The molecule has 0 amide bonds. The van der Waals surface area contributed by atoms with Crippen LogP contribution >= 0.6 is 11.8 Å². The lowest BCUT2D eigenvalue weighted by Gasteiger charge is -2.06. The second-order valence-corrected chi connectivity index (χ2v) is 3.82. The van der Waals surface area contributed by atoms with Crippen molar-refractivity contribution in [1.29, 1.82) is 0 Å². The first-order valence-corrected chi connectivity index (χ1v) is 5.47. The molecular formula is C10H11FO2S. The largest absolute Gasteiger partial charge is 0.507 e. The molecule has 76 valence electrons. The number of ketones is 1. The smallest absolute Gasteiger partial charge is 0.163 e. The Kier molecular flexibility index (Phi) is 3.52. The van der Waals surface area contributed by atoms with E-state index in [1.54, 1.807) is 0 Å². The van der Waals surface area contributed by atoms with Crippen LogP contribution in [0.2, 0.25) is 0 Å². The maximum absolute atomic E-state index is 13.0. The van der Waals surface area contributed by atoms with Gasteiger partial charge >= 0.3 is 0 Å². The second-order valence-electron chi connectivity index (χ2n) is 2.95. The van der Waals surface area contributed by atoms with Crippen LogP contribution in [0.25, 0.3) is 0 Å². The summed E-state index contributed by atoms with van der Waals surface area (Å²) in [6, 6.07) is 2.31. The van der Waals surface area contributed by atoms with Gasteiger partial charge in [-0.2, -0.15) is 11.8 Å². The molecule has 0 aromatic heterocycles.